The lowest BCUT2D eigenvalue weighted by atomic mass is 10.1. The first kappa shape index (κ1) is 11.9. The second-order valence-electron chi connectivity index (χ2n) is 5.01. The van der Waals surface area contributed by atoms with Crippen LogP contribution in [0.2, 0.25) is 0 Å². The number of benzene rings is 2. The van der Waals surface area contributed by atoms with Gasteiger partial charge in [-0.1, -0.05) is 30.3 Å². The molecule has 4 rings (SSSR count). The van der Waals surface area contributed by atoms with E-state index in [1.165, 1.54) is 5.56 Å². The number of aromatic nitrogens is 4. The summed E-state index contributed by atoms with van der Waals surface area (Å²) in [6, 6.07) is 18.4. The van der Waals surface area contributed by atoms with Crippen molar-refractivity contribution in [1.29, 1.82) is 0 Å². The smallest absolute Gasteiger partial charge is 0.138 e. The standard InChI is InChI=1S/C17H14N4/c1-2-8-16-15(7-1)19-17(20-16)14-6-3-5-13(11-14)12-21-10-4-9-18-21/h1-11H,12H2,(H,19,20). The molecule has 2 aromatic heterocycles. The SMILES string of the molecule is c1cc(Cn2cccn2)cc(-c2nc3ccccc3[nH]2)c1. The van der Waals surface area contributed by atoms with E-state index >= 15 is 0 Å². The summed E-state index contributed by atoms with van der Waals surface area (Å²) in [4.78, 5) is 8.01. The van der Waals surface area contributed by atoms with Crippen molar-refractivity contribution >= 4 is 11.0 Å². The molecule has 0 spiro atoms. The fourth-order valence-electron chi connectivity index (χ4n) is 2.49. The highest BCUT2D eigenvalue weighted by molar-refractivity contribution is 5.79. The Kier molecular flexibility index (Phi) is 2.78. The van der Waals surface area contributed by atoms with Crippen LogP contribution in [0.15, 0.2) is 67.0 Å². The van der Waals surface area contributed by atoms with Crippen molar-refractivity contribution in [2.45, 2.75) is 6.54 Å². The number of nitrogens with zero attached hydrogens (tertiary/aromatic N) is 3. The molecule has 1 N–H and O–H groups in total. The summed E-state index contributed by atoms with van der Waals surface area (Å²) in [7, 11) is 0. The Balaban J connectivity index is 1.71. The van der Waals surface area contributed by atoms with Gasteiger partial charge in [0, 0.05) is 18.0 Å². The molecular weight excluding hydrogens is 260 g/mol. The van der Waals surface area contributed by atoms with Gasteiger partial charge < -0.3 is 4.98 Å². The van der Waals surface area contributed by atoms with Gasteiger partial charge in [0.05, 0.1) is 17.6 Å². The van der Waals surface area contributed by atoms with Gasteiger partial charge >= 0.3 is 0 Å². The monoisotopic (exact) mass is 274 g/mol. The van der Waals surface area contributed by atoms with Gasteiger partial charge in [0.15, 0.2) is 0 Å². The van der Waals surface area contributed by atoms with Gasteiger partial charge in [-0.2, -0.15) is 5.10 Å². The molecule has 0 saturated carbocycles. The molecule has 0 atom stereocenters. The highest BCUT2D eigenvalue weighted by Gasteiger charge is 2.05. The molecule has 21 heavy (non-hydrogen) atoms. The number of H-pyrrole nitrogens is 1. The summed E-state index contributed by atoms with van der Waals surface area (Å²) in [5.74, 6) is 0.901. The van der Waals surface area contributed by atoms with Crippen LogP contribution in [-0.2, 0) is 6.54 Å². The highest BCUT2D eigenvalue weighted by Crippen LogP contribution is 2.21. The predicted molar refractivity (Wildman–Crippen MR) is 82.9 cm³/mol. The number of para-hydroxylation sites is 2. The van der Waals surface area contributed by atoms with E-state index in [4.69, 9.17) is 0 Å². The summed E-state index contributed by atoms with van der Waals surface area (Å²) >= 11 is 0. The third kappa shape index (κ3) is 2.31. The Labute approximate surface area is 122 Å². The first-order valence-corrected chi connectivity index (χ1v) is 6.90. The van der Waals surface area contributed by atoms with Gasteiger partial charge in [0.25, 0.3) is 0 Å². The van der Waals surface area contributed by atoms with Crippen LogP contribution in [0.4, 0.5) is 0 Å². The summed E-state index contributed by atoms with van der Waals surface area (Å²) in [5, 5.41) is 4.24. The molecule has 4 heteroatoms. The molecule has 0 fully saturated rings. The largest absolute Gasteiger partial charge is 0.338 e. The van der Waals surface area contributed by atoms with Gasteiger partial charge in [-0.3, -0.25) is 4.68 Å². The minimum Gasteiger partial charge on any atom is -0.338 e. The molecule has 0 aliphatic rings. The van der Waals surface area contributed by atoms with Crippen LogP contribution >= 0.6 is 0 Å². The van der Waals surface area contributed by atoms with Crippen LogP contribution in [0.1, 0.15) is 5.56 Å². The molecule has 0 radical (unpaired) electrons. The maximum Gasteiger partial charge on any atom is 0.138 e. The van der Waals surface area contributed by atoms with Gasteiger partial charge in [-0.05, 0) is 29.8 Å². The van der Waals surface area contributed by atoms with Gasteiger partial charge in [-0.25, -0.2) is 4.98 Å². The Morgan fingerprint density at radius 3 is 2.81 bits per heavy atom. The lowest BCUT2D eigenvalue weighted by molar-refractivity contribution is 0.687. The zero-order valence-electron chi connectivity index (χ0n) is 11.4. The van der Waals surface area contributed by atoms with Crippen LogP contribution in [0, 0.1) is 0 Å². The van der Waals surface area contributed by atoms with Crippen molar-refractivity contribution in [2.24, 2.45) is 0 Å². The van der Waals surface area contributed by atoms with E-state index in [1.807, 2.05) is 41.2 Å². The second-order valence-corrected chi connectivity index (χ2v) is 5.01. The van der Waals surface area contributed by atoms with Crippen molar-refractivity contribution in [1.82, 2.24) is 19.7 Å². The molecular formula is C17H14N4. The fraction of sp³-hybridized carbons (Fsp3) is 0.0588. The fourth-order valence-corrected chi connectivity index (χ4v) is 2.49. The minimum atomic E-state index is 0.765. The van der Waals surface area contributed by atoms with E-state index in [0.717, 1.165) is 29.0 Å². The van der Waals surface area contributed by atoms with Crippen molar-refractivity contribution in [3.05, 3.63) is 72.6 Å². The number of hydrogen-bond donors (Lipinski definition) is 1. The molecule has 0 saturated heterocycles. The summed E-state index contributed by atoms with van der Waals surface area (Å²) in [6.07, 6.45) is 3.76. The number of nitrogens with one attached hydrogen (secondary N) is 1. The average molecular weight is 274 g/mol. The number of hydrogen-bond acceptors (Lipinski definition) is 2. The predicted octanol–water partition coefficient (Wildman–Crippen LogP) is 3.47. The van der Waals surface area contributed by atoms with Gasteiger partial charge in [0.2, 0.25) is 0 Å². The maximum atomic E-state index is 4.64. The van der Waals surface area contributed by atoms with Crippen LogP contribution in [0.25, 0.3) is 22.4 Å². The lowest BCUT2D eigenvalue weighted by Gasteiger charge is -2.04. The third-order valence-corrected chi connectivity index (χ3v) is 3.49. The number of fused-ring (bicyclic) bond motifs is 1. The van der Waals surface area contributed by atoms with Gasteiger partial charge in [0.1, 0.15) is 5.82 Å². The van der Waals surface area contributed by atoms with Crippen LogP contribution in [0.5, 0.6) is 0 Å². The van der Waals surface area contributed by atoms with Crippen molar-refractivity contribution in [3.8, 4) is 11.4 Å². The molecule has 2 aromatic carbocycles. The number of rotatable bonds is 3. The minimum absolute atomic E-state index is 0.765. The van der Waals surface area contributed by atoms with E-state index in [1.54, 1.807) is 6.20 Å². The van der Waals surface area contributed by atoms with E-state index in [2.05, 4.69) is 39.3 Å². The summed E-state index contributed by atoms with van der Waals surface area (Å²) in [6.45, 7) is 0.765. The van der Waals surface area contributed by atoms with Gasteiger partial charge in [-0.15, -0.1) is 0 Å². The molecule has 0 amide bonds. The van der Waals surface area contributed by atoms with Crippen LogP contribution in [0.3, 0.4) is 0 Å². The summed E-state index contributed by atoms with van der Waals surface area (Å²) < 4.78 is 1.91. The average Bonchev–Trinajstić information content (AvgIpc) is 3.16. The van der Waals surface area contributed by atoms with Crippen molar-refractivity contribution < 1.29 is 0 Å². The van der Waals surface area contributed by atoms with E-state index in [9.17, 15) is 0 Å². The van der Waals surface area contributed by atoms with E-state index in [0.29, 0.717) is 0 Å². The first-order chi connectivity index (χ1) is 10.4. The van der Waals surface area contributed by atoms with Crippen LogP contribution in [-0.4, -0.2) is 19.7 Å². The Morgan fingerprint density at radius 2 is 1.95 bits per heavy atom. The Bertz CT molecular complexity index is 842. The van der Waals surface area contributed by atoms with Crippen molar-refractivity contribution in [2.75, 3.05) is 0 Å². The van der Waals surface area contributed by atoms with E-state index < -0.39 is 0 Å². The second kappa shape index (κ2) is 4.90. The maximum absolute atomic E-state index is 4.64. The zero-order chi connectivity index (χ0) is 14.1. The Hall–Kier alpha value is -2.88. The zero-order valence-corrected chi connectivity index (χ0v) is 11.4. The molecule has 0 aliphatic carbocycles. The number of aromatic amines is 1. The Morgan fingerprint density at radius 1 is 1.00 bits per heavy atom. The number of imidazole rings is 1. The molecule has 4 aromatic rings. The normalized spacial score (nSPS) is 11.0. The first-order valence-electron chi connectivity index (χ1n) is 6.90. The lowest BCUT2D eigenvalue weighted by Crippen LogP contribution is -1.99. The highest BCUT2D eigenvalue weighted by atomic mass is 15.3. The van der Waals surface area contributed by atoms with E-state index in [-0.39, 0.29) is 0 Å². The molecule has 0 aliphatic heterocycles. The summed E-state index contributed by atoms with van der Waals surface area (Å²) in [5.41, 5.74) is 4.35. The molecule has 102 valence electrons. The molecule has 4 nitrogen and oxygen atoms in total. The third-order valence-electron chi connectivity index (χ3n) is 3.49. The molecule has 0 bridgehead atoms. The molecule has 2 heterocycles. The quantitative estimate of drug-likeness (QED) is 0.621. The van der Waals surface area contributed by atoms with Crippen molar-refractivity contribution in [3.63, 3.8) is 0 Å². The topological polar surface area (TPSA) is 46.5 Å². The van der Waals surface area contributed by atoms with Crippen LogP contribution < -0.4 is 0 Å². The molecule has 0 unspecified atom stereocenters.